The van der Waals surface area contributed by atoms with Gasteiger partial charge in [-0.1, -0.05) is 5.16 Å². The zero-order chi connectivity index (χ0) is 19.5. The van der Waals surface area contributed by atoms with E-state index in [1.165, 1.54) is 0 Å². The molecule has 0 aliphatic heterocycles. The van der Waals surface area contributed by atoms with Gasteiger partial charge in [0.15, 0.2) is 5.65 Å². The van der Waals surface area contributed by atoms with Gasteiger partial charge in [-0.25, -0.2) is 9.50 Å². The second kappa shape index (κ2) is 7.47. The fraction of sp³-hybridized carbons (Fsp3) is 0.211. The van der Waals surface area contributed by atoms with E-state index < -0.39 is 0 Å². The number of rotatable bonds is 6. The van der Waals surface area contributed by atoms with Crippen LogP contribution >= 0.6 is 0 Å². The molecule has 9 nitrogen and oxygen atoms in total. The Morgan fingerprint density at radius 2 is 2.21 bits per heavy atom. The molecule has 0 saturated heterocycles. The van der Waals surface area contributed by atoms with Crippen LogP contribution in [0.4, 0.5) is 5.95 Å². The van der Waals surface area contributed by atoms with Crippen molar-refractivity contribution in [3.8, 4) is 17.0 Å². The molecule has 0 aromatic carbocycles. The molecule has 0 saturated carbocycles. The first kappa shape index (κ1) is 17.7. The number of nitrogens with one attached hydrogen (secondary N) is 1. The molecule has 4 aromatic heterocycles. The quantitative estimate of drug-likeness (QED) is 0.549. The molecule has 4 aromatic rings. The monoisotopic (exact) mass is 378 g/mol. The Labute approximate surface area is 160 Å². The Morgan fingerprint density at radius 3 is 3.00 bits per heavy atom. The van der Waals surface area contributed by atoms with E-state index in [0.717, 1.165) is 16.8 Å². The van der Waals surface area contributed by atoms with Crippen LogP contribution in [0.1, 0.15) is 18.4 Å². The second-order valence-corrected chi connectivity index (χ2v) is 6.10. The third kappa shape index (κ3) is 3.68. The lowest BCUT2D eigenvalue weighted by atomic mass is 10.1. The highest BCUT2D eigenvalue weighted by molar-refractivity contribution is 5.90. The summed E-state index contributed by atoms with van der Waals surface area (Å²) in [4.78, 5) is 20.8. The van der Waals surface area contributed by atoms with Crippen molar-refractivity contribution in [2.45, 2.75) is 20.3 Å². The van der Waals surface area contributed by atoms with Gasteiger partial charge in [0.1, 0.15) is 5.76 Å². The van der Waals surface area contributed by atoms with Gasteiger partial charge in [-0.15, -0.1) is 5.10 Å². The number of fused-ring (bicyclic) bond motifs is 1. The lowest BCUT2D eigenvalue weighted by molar-refractivity contribution is -0.115. The van der Waals surface area contributed by atoms with E-state index in [4.69, 9.17) is 9.26 Å². The maximum absolute atomic E-state index is 12.2. The van der Waals surface area contributed by atoms with E-state index in [1.807, 2.05) is 37.4 Å². The van der Waals surface area contributed by atoms with Crippen LogP contribution in [0.25, 0.3) is 16.8 Å². The molecule has 4 heterocycles. The second-order valence-electron chi connectivity index (χ2n) is 6.10. The van der Waals surface area contributed by atoms with Crippen molar-refractivity contribution >= 4 is 17.5 Å². The Balaban J connectivity index is 1.56. The summed E-state index contributed by atoms with van der Waals surface area (Å²) in [5, 5.41) is 10.8. The summed E-state index contributed by atoms with van der Waals surface area (Å²) in [7, 11) is 0. The molecule has 0 atom stereocenters. The fourth-order valence-electron chi connectivity index (χ4n) is 2.78. The Kier molecular flexibility index (Phi) is 4.71. The molecule has 28 heavy (non-hydrogen) atoms. The maximum atomic E-state index is 12.2. The number of carbonyl (C=O) groups excluding carboxylic acids is 1. The average molecular weight is 378 g/mol. The summed E-state index contributed by atoms with van der Waals surface area (Å²) in [5.41, 5.74) is 3.07. The highest BCUT2D eigenvalue weighted by atomic mass is 16.5. The predicted octanol–water partition coefficient (Wildman–Crippen LogP) is 2.67. The summed E-state index contributed by atoms with van der Waals surface area (Å²) in [6, 6.07) is 9.22. The minimum absolute atomic E-state index is 0.0645. The molecule has 0 aliphatic rings. The predicted molar refractivity (Wildman–Crippen MR) is 101 cm³/mol. The molecular formula is C19H18N6O3. The number of anilines is 1. The molecule has 1 N–H and O–H groups in total. The molecule has 0 fully saturated rings. The number of hydrogen-bond donors (Lipinski definition) is 1. The first-order valence-corrected chi connectivity index (χ1v) is 8.79. The Bertz CT molecular complexity index is 1130. The summed E-state index contributed by atoms with van der Waals surface area (Å²) < 4.78 is 12.2. The van der Waals surface area contributed by atoms with Gasteiger partial charge in [-0.05, 0) is 38.1 Å². The van der Waals surface area contributed by atoms with Gasteiger partial charge in [0.25, 0.3) is 0 Å². The van der Waals surface area contributed by atoms with Crippen LogP contribution in [0.15, 0.2) is 47.2 Å². The normalized spacial score (nSPS) is 10.9. The van der Waals surface area contributed by atoms with Crippen molar-refractivity contribution in [3.05, 3.63) is 54.2 Å². The van der Waals surface area contributed by atoms with E-state index in [0.29, 0.717) is 23.9 Å². The number of nitrogens with zero attached hydrogens (tertiary/aromatic N) is 5. The molecule has 0 aliphatic carbocycles. The Hall–Kier alpha value is -3.75. The first-order chi connectivity index (χ1) is 13.6. The summed E-state index contributed by atoms with van der Waals surface area (Å²) in [6.45, 7) is 4.23. The number of amides is 1. The third-order valence-corrected chi connectivity index (χ3v) is 3.96. The molecule has 142 valence electrons. The van der Waals surface area contributed by atoms with Crippen LogP contribution in [0, 0.1) is 6.92 Å². The molecule has 0 bridgehead atoms. The summed E-state index contributed by atoms with van der Waals surface area (Å²) in [6.07, 6.45) is 3.57. The molecule has 0 spiro atoms. The van der Waals surface area contributed by atoms with Crippen LogP contribution in [-0.4, -0.2) is 37.3 Å². The van der Waals surface area contributed by atoms with Gasteiger partial charge in [0.2, 0.25) is 17.7 Å². The van der Waals surface area contributed by atoms with Crippen molar-refractivity contribution in [1.29, 1.82) is 0 Å². The SMILES string of the molecule is CCOc1ncccc1-c1ccc2nc(NC(=O)Cc3cc(C)no3)nn2c1. The van der Waals surface area contributed by atoms with Gasteiger partial charge in [0.05, 0.1) is 18.7 Å². The number of aromatic nitrogens is 5. The summed E-state index contributed by atoms with van der Waals surface area (Å²) in [5.74, 6) is 0.981. The largest absolute Gasteiger partial charge is 0.478 e. The highest BCUT2D eigenvalue weighted by Crippen LogP contribution is 2.28. The fourth-order valence-corrected chi connectivity index (χ4v) is 2.78. The third-order valence-electron chi connectivity index (χ3n) is 3.96. The van der Waals surface area contributed by atoms with Gasteiger partial charge >= 0.3 is 0 Å². The standard InChI is InChI=1S/C19H18N6O3/c1-3-27-18-15(5-4-8-20-18)13-6-7-16-21-19(23-25(16)11-13)22-17(26)10-14-9-12(2)24-28-14/h4-9,11H,3,10H2,1-2H3,(H,22,23,26). The zero-order valence-electron chi connectivity index (χ0n) is 15.4. The lowest BCUT2D eigenvalue weighted by Gasteiger charge is -2.08. The van der Waals surface area contributed by atoms with E-state index >= 15 is 0 Å². The van der Waals surface area contributed by atoms with E-state index in [-0.39, 0.29) is 18.3 Å². The molecular weight excluding hydrogens is 360 g/mol. The number of carbonyl (C=O) groups is 1. The molecule has 9 heteroatoms. The van der Waals surface area contributed by atoms with Crippen LogP contribution < -0.4 is 10.1 Å². The maximum Gasteiger partial charge on any atom is 0.249 e. The number of hydrogen-bond acceptors (Lipinski definition) is 7. The van der Waals surface area contributed by atoms with Crippen molar-refractivity contribution in [2.75, 3.05) is 11.9 Å². The summed E-state index contributed by atoms with van der Waals surface area (Å²) >= 11 is 0. The van der Waals surface area contributed by atoms with Crippen molar-refractivity contribution in [3.63, 3.8) is 0 Å². The van der Waals surface area contributed by atoms with Crippen LogP contribution in [0.3, 0.4) is 0 Å². The lowest BCUT2D eigenvalue weighted by Crippen LogP contribution is -2.15. The van der Waals surface area contributed by atoms with Gasteiger partial charge in [-0.3, -0.25) is 10.1 Å². The van der Waals surface area contributed by atoms with Gasteiger partial charge < -0.3 is 9.26 Å². The smallest absolute Gasteiger partial charge is 0.249 e. The minimum atomic E-state index is -0.279. The van der Waals surface area contributed by atoms with Crippen molar-refractivity contribution in [1.82, 2.24) is 24.7 Å². The highest BCUT2D eigenvalue weighted by Gasteiger charge is 2.13. The first-order valence-electron chi connectivity index (χ1n) is 8.79. The molecule has 0 radical (unpaired) electrons. The Morgan fingerprint density at radius 1 is 1.32 bits per heavy atom. The van der Waals surface area contributed by atoms with E-state index in [9.17, 15) is 4.79 Å². The van der Waals surface area contributed by atoms with E-state index in [2.05, 4.69) is 25.5 Å². The van der Waals surface area contributed by atoms with Crippen molar-refractivity contribution < 1.29 is 14.1 Å². The minimum Gasteiger partial charge on any atom is -0.478 e. The van der Waals surface area contributed by atoms with Crippen LogP contribution in [0.2, 0.25) is 0 Å². The van der Waals surface area contributed by atoms with E-state index in [1.54, 1.807) is 23.7 Å². The number of ether oxygens (including phenoxy) is 1. The van der Waals surface area contributed by atoms with Crippen molar-refractivity contribution in [2.24, 2.45) is 0 Å². The molecule has 4 rings (SSSR count). The molecule has 1 amide bonds. The van der Waals surface area contributed by atoms with Crippen LogP contribution in [0.5, 0.6) is 5.88 Å². The number of aryl methyl sites for hydroxylation is 1. The topological polar surface area (TPSA) is 107 Å². The van der Waals surface area contributed by atoms with Gasteiger partial charge in [0, 0.05) is 29.6 Å². The average Bonchev–Trinajstić information content (AvgIpc) is 3.26. The van der Waals surface area contributed by atoms with Crippen LogP contribution in [-0.2, 0) is 11.2 Å². The molecule has 0 unspecified atom stereocenters. The zero-order valence-corrected chi connectivity index (χ0v) is 15.4. The van der Waals surface area contributed by atoms with Gasteiger partial charge in [-0.2, -0.15) is 4.98 Å². The number of pyridine rings is 2.